The fourth-order valence-electron chi connectivity index (χ4n) is 3.58. The maximum atomic E-state index is 14.1. The van der Waals surface area contributed by atoms with Gasteiger partial charge in [0.2, 0.25) is 0 Å². The molecule has 4 heterocycles. The Kier molecular flexibility index (Phi) is 5.19. The number of aromatic amines is 1. The van der Waals surface area contributed by atoms with E-state index >= 15 is 0 Å². The predicted octanol–water partition coefficient (Wildman–Crippen LogP) is 2.56. The lowest BCUT2D eigenvalue weighted by atomic mass is 10.1. The molecule has 2 aliphatic heterocycles. The first-order valence-electron chi connectivity index (χ1n) is 9.30. The first-order valence-corrected chi connectivity index (χ1v) is 10.1. The number of nitrogens with zero attached hydrogens (tertiary/aromatic N) is 2. The number of hydrogen-bond acceptors (Lipinski definition) is 7. The van der Waals surface area contributed by atoms with E-state index in [4.69, 9.17) is 37.4 Å². The molecular formula is C19H15Cl2FN4O5. The molecule has 3 aromatic rings. The summed E-state index contributed by atoms with van der Waals surface area (Å²) in [5.41, 5.74) is 0.449. The van der Waals surface area contributed by atoms with Crippen LogP contribution in [0.5, 0.6) is 6.01 Å². The molecule has 1 amide bonds. The molecule has 12 heteroatoms. The van der Waals surface area contributed by atoms with Crippen molar-refractivity contribution in [3.05, 3.63) is 45.7 Å². The average molecular weight is 469 g/mol. The second-order valence-corrected chi connectivity index (χ2v) is 7.92. The number of benzene rings is 1. The number of rotatable bonds is 4. The van der Waals surface area contributed by atoms with Gasteiger partial charge in [0.1, 0.15) is 18.3 Å². The minimum atomic E-state index is -0.842. The summed E-state index contributed by atoms with van der Waals surface area (Å²) in [6.07, 6.45) is -1.98. The van der Waals surface area contributed by atoms with Gasteiger partial charge in [-0.15, -0.1) is 0 Å². The summed E-state index contributed by atoms with van der Waals surface area (Å²) < 4.78 is 31.0. The number of aromatic nitrogens is 3. The summed E-state index contributed by atoms with van der Waals surface area (Å²) in [5, 5.41) is 12.2. The van der Waals surface area contributed by atoms with Crippen LogP contribution in [0.2, 0.25) is 10.0 Å². The molecular weight excluding hydrogens is 454 g/mol. The van der Waals surface area contributed by atoms with Gasteiger partial charge in [-0.05, 0) is 18.2 Å². The third kappa shape index (κ3) is 3.70. The second-order valence-electron chi connectivity index (χ2n) is 7.11. The molecule has 4 atom stereocenters. The van der Waals surface area contributed by atoms with Gasteiger partial charge in [-0.2, -0.15) is 4.98 Å². The van der Waals surface area contributed by atoms with E-state index in [0.29, 0.717) is 5.52 Å². The van der Waals surface area contributed by atoms with Gasteiger partial charge in [-0.1, -0.05) is 29.3 Å². The van der Waals surface area contributed by atoms with Crippen LogP contribution in [-0.2, 0) is 9.47 Å². The lowest BCUT2D eigenvalue weighted by Crippen LogP contribution is -2.34. The highest BCUT2D eigenvalue weighted by Crippen LogP contribution is 2.31. The van der Waals surface area contributed by atoms with Gasteiger partial charge in [0, 0.05) is 0 Å². The van der Waals surface area contributed by atoms with Crippen molar-refractivity contribution < 1.29 is 28.5 Å². The number of ether oxygens (including phenoxy) is 3. The zero-order valence-corrected chi connectivity index (χ0v) is 17.2. The van der Waals surface area contributed by atoms with Crippen LogP contribution in [0.4, 0.5) is 10.2 Å². The number of amides is 1. The highest BCUT2D eigenvalue weighted by Gasteiger charge is 2.48. The van der Waals surface area contributed by atoms with Gasteiger partial charge >= 0.3 is 0 Å². The van der Waals surface area contributed by atoms with E-state index in [1.807, 2.05) is 0 Å². The van der Waals surface area contributed by atoms with Crippen molar-refractivity contribution in [1.82, 2.24) is 15.0 Å². The number of H-pyrrole nitrogens is 1. The Bertz CT molecular complexity index is 1180. The summed E-state index contributed by atoms with van der Waals surface area (Å²) in [7, 11) is 0. The summed E-state index contributed by atoms with van der Waals surface area (Å²) >= 11 is 11.9. The van der Waals surface area contributed by atoms with E-state index in [1.165, 1.54) is 24.3 Å². The molecule has 2 aromatic heterocycles. The van der Waals surface area contributed by atoms with Crippen molar-refractivity contribution in [3.63, 3.8) is 0 Å². The van der Waals surface area contributed by atoms with E-state index in [2.05, 4.69) is 20.3 Å². The second kappa shape index (κ2) is 7.88. The Morgan fingerprint density at radius 2 is 2.03 bits per heavy atom. The number of nitrogens with one attached hydrogen (secondary N) is 2. The van der Waals surface area contributed by atoms with E-state index < -0.39 is 36.1 Å². The molecule has 0 bridgehead atoms. The van der Waals surface area contributed by atoms with Crippen molar-refractivity contribution >= 4 is 46.1 Å². The molecule has 1 aromatic carbocycles. The quantitative estimate of drug-likeness (QED) is 0.538. The lowest BCUT2D eigenvalue weighted by Gasteiger charge is -2.15. The summed E-state index contributed by atoms with van der Waals surface area (Å²) in [6, 6.07) is 5.76. The molecule has 5 rings (SSSR count). The number of carbonyl (C=O) groups is 1. The van der Waals surface area contributed by atoms with E-state index in [9.17, 15) is 14.3 Å². The normalized spacial score (nSPS) is 25.0. The maximum Gasteiger partial charge on any atom is 0.296 e. The van der Waals surface area contributed by atoms with Crippen molar-refractivity contribution in [2.75, 3.05) is 18.5 Å². The van der Waals surface area contributed by atoms with Gasteiger partial charge in [-0.3, -0.25) is 4.79 Å². The summed E-state index contributed by atoms with van der Waals surface area (Å²) in [6.45, 7) is 0.424. The molecule has 9 nitrogen and oxygen atoms in total. The highest BCUT2D eigenvalue weighted by molar-refractivity contribution is 6.34. The number of halogens is 3. The molecule has 2 fully saturated rings. The van der Waals surface area contributed by atoms with Crippen molar-refractivity contribution in [1.29, 1.82) is 0 Å². The van der Waals surface area contributed by atoms with Crippen LogP contribution in [0.1, 0.15) is 10.4 Å². The Balaban J connectivity index is 1.36. The van der Waals surface area contributed by atoms with Crippen LogP contribution in [0.15, 0.2) is 24.3 Å². The maximum absolute atomic E-state index is 14.1. The largest absolute Gasteiger partial charge is 0.456 e. The van der Waals surface area contributed by atoms with E-state index in [-0.39, 0.29) is 46.3 Å². The number of aliphatic hydroxyl groups excluding tert-OH is 1. The van der Waals surface area contributed by atoms with Crippen LogP contribution in [-0.4, -0.2) is 63.6 Å². The Hall–Kier alpha value is -2.50. The number of aliphatic hydroxyl groups is 1. The molecule has 2 saturated heterocycles. The number of anilines is 1. The average Bonchev–Trinajstić information content (AvgIpc) is 3.41. The van der Waals surface area contributed by atoms with E-state index in [0.717, 1.165) is 0 Å². The highest BCUT2D eigenvalue weighted by atomic mass is 35.5. The van der Waals surface area contributed by atoms with Crippen LogP contribution in [0.25, 0.3) is 11.2 Å². The van der Waals surface area contributed by atoms with Crippen molar-refractivity contribution in [2.45, 2.75) is 24.4 Å². The van der Waals surface area contributed by atoms with Gasteiger partial charge in [0.25, 0.3) is 11.9 Å². The van der Waals surface area contributed by atoms with Gasteiger partial charge in [0.15, 0.2) is 23.4 Å². The molecule has 0 radical (unpaired) electrons. The van der Waals surface area contributed by atoms with Gasteiger partial charge in [-0.25, -0.2) is 9.37 Å². The Morgan fingerprint density at radius 3 is 2.87 bits per heavy atom. The number of fused-ring (bicyclic) bond motifs is 2. The SMILES string of the molecule is O=C(Nc1nc2nc(O[C@@H]3CO[C@H]4[C@@H]3OC[C@H]4O)[nH]c2cc1Cl)c1cccc(Cl)c1F. The fraction of sp³-hybridized carbons (Fsp3) is 0.316. The first kappa shape index (κ1) is 20.4. The first-order chi connectivity index (χ1) is 14.9. The Morgan fingerprint density at radius 1 is 1.23 bits per heavy atom. The van der Waals surface area contributed by atoms with Crippen LogP contribution in [0.3, 0.4) is 0 Å². The summed E-state index contributed by atoms with van der Waals surface area (Å²) in [5.74, 6) is -1.60. The van der Waals surface area contributed by atoms with Gasteiger partial charge in [0.05, 0.1) is 34.3 Å². The van der Waals surface area contributed by atoms with Crippen LogP contribution < -0.4 is 10.1 Å². The third-order valence-electron chi connectivity index (χ3n) is 5.08. The third-order valence-corrected chi connectivity index (χ3v) is 5.66. The lowest BCUT2D eigenvalue weighted by molar-refractivity contribution is 0.00706. The number of hydrogen-bond donors (Lipinski definition) is 3. The zero-order chi connectivity index (χ0) is 21.7. The summed E-state index contributed by atoms with van der Waals surface area (Å²) in [4.78, 5) is 23.8. The minimum Gasteiger partial charge on any atom is -0.456 e. The minimum absolute atomic E-state index is 0.00287. The van der Waals surface area contributed by atoms with Crippen molar-refractivity contribution in [3.8, 4) is 6.01 Å². The molecule has 2 aliphatic rings. The number of carbonyl (C=O) groups excluding carboxylic acids is 1. The van der Waals surface area contributed by atoms with Crippen LogP contribution in [0, 0.1) is 5.82 Å². The van der Waals surface area contributed by atoms with E-state index in [1.54, 1.807) is 0 Å². The monoisotopic (exact) mass is 468 g/mol. The standard InChI is InChI=1S/C19H15Cl2FN4O5/c20-8-3-1-2-7(13(8)22)18(28)25-16-9(21)4-10-17(24-16)26-19(23-10)31-12-6-30-14-11(27)5-29-15(12)14/h1-4,11-12,14-15,27H,5-6H2,(H2,23,24,25,26,28)/t11-,12-,14-,15-/m1/s1. The number of imidazole rings is 1. The van der Waals surface area contributed by atoms with Gasteiger partial charge < -0.3 is 29.6 Å². The molecule has 0 unspecified atom stereocenters. The Labute approximate surface area is 184 Å². The molecule has 0 aliphatic carbocycles. The predicted molar refractivity (Wildman–Crippen MR) is 108 cm³/mol. The molecule has 0 spiro atoms. The fourth-order valence-corrected chi connectivity index (χ4v) is 3.95. The van der Waals surface area contributed by atoms with Crippen LogP contribution >= 0.6 is 23.2 Å². The zero-order valence-electron chi connectivity index (χ0n) is 15.6. The molecule has 0 saturated carbocycles. The number of pyridine rings is 1. The smallest absolute Gasteiger partial charge is 0.296 e. The van der Waals surface area contributed by atoms with Crippen molar-refractivity contribution in [2.24, 2.45) is 0 Å². The molecule has 3 N–H and O–H groups in total. The topological polar surface area (TPSA) is 119 Å². The molecule has 162 valence electrons. The molecule has 31 heavy (non-hydrogen) atoms.